The Kier molecular flexibility index (Phi) is 8.77. The van der Waals surface area contributed by atoms with Crippen LogP contribution in [0.5, 0.6) is 0 Å². The summed E-state index contributed by atoms with van der Waals surface area (Å²) >= 11 is 0. The highest BCUT2D eigenvalue weighted by Crippen LogP contribution is 2.14. The molecule has 0 spiro atoms. The predicted molar refractivity (Wildman–Crippen MR) is 94.3 cm³/mol. The molecule has 0 saturated carbocycles. The number of carboxylic acid groups (broad SMARTS) is 1. The highest BCUT2D eigenvalue weighted by molar-refractivity contribution is 5.67. The third kappa shape index (κ3) is 9.56. The van der Waals surface area contributed by atoms with Gasteiger partial charge in [0.25, 0.3) is 0 Å². The fourth-order valence-corrected chi connectivity index (χ4v) is 2.45. The summed E-state index contributed by atoms with van der Waals surface area (Å²) in [6, 6.07) is 8.98. The maximum Gasteiger partial charge on any atom is 0.407 e. The number of benzene rings is 1. The summed E-state index contributed by atoms with van der Waals surface area (Å²) in [6.45, 7) is 3.66. The first-order valence-electron chi connectivity index (χ1n) is 8.41. The molecule has 0 heterocycles. The van der Waals surface area contributed by atoms with Crippen molar-refractivity contribution in [2.75, 3.05) is 6.61 Å². The van der Waals surface area contributed by atoms with E-state index in [0.29, 0.717) is 12.8 Å². The Morgan fingerprint density at radius 1 is 1.20 bits per heavy atom. The Morgan fingerprint density at radius 3 is 2.48 bits per heavy atom. The van der Waals surface area contributed by atoms with Gasteiger partial charge in [0.05, 0.1) is 12.6 Å². The van der Waals surface area contributed by atoms with Crippen LogP contribution in [0.25, 0.3) is 0 Å². The number of unbranched alkanes of at least 4 members (excludes halogenated alkanes) is 1. The van der Waals surface area contributed by atoms with E-state index in [2.05, 4.69) is 10.6 Å². The van der Waals surface area contributed by atoms with Crippen LogP contribution in [0.3, 0.4) is 0 Å². The molecule has 1 aromatic rings. The number of carbonyl (C=O) groups excluding carboxylic acids is 1. The summed E-state index contributed by atoms with van der Waals surface area (Å²) < 4.78 is 5.13. The first kappa shape index (κ1) is 20.8. The van der Waals surface area contributed by atoms with Crippen molar-refractivity contribution in [3.63, 3.8) is 0 Å². The van der Waals surface area contributed by atoms with E-state index < -0.39 is 17.7 Å². The number of aliphatic hydroxyl groups excluding tert-OH is 1. The van der Waals surface area contributed by atoms with Gasteiger partial charge in [-0.2, -0.15) is 0 Å². The van der Waals surface area contributed by atoms with Crippen LogP contribution in [0, 0.1) is 0 Å². The molecule has 0 radical (unpaired) electrons. The fourth-order valence-electron chi connectivity index (χ4n) is 2.45. The van der Waals surface area contributed by atoms with Crippen molar-refractivity contribution in [1.82, 2.24) is 10.6 Å². The number of amides is 2. The van der Waals surface area contributed by atoms with Gasteiger partial charge in [-0.25, -0.2) is 9.59 Å². The van der Waals surface area contributed by atoms with Crippen molar-refractivity contribution in [2.45, 2.75) is 57.7 Å². The fraction of sp³-hybridized carbons (Fsp3) is 0.556. The number of rotatable bonds is 10. The zero-order chi connectivity index (χ0) is 18.7. The quantitative estimate of drug-likeness (QED) is 0.484. The molecule has 0 aromatic heterocycles. The Hall–Kier alpha value is -2.28. The van der Waals surface area contributed by atoms with Gasteiger partial charge >= 0.3 is 12.2 Å². The molecule has 0 fully saturated rings. The topological polar surface area (TPSA) is 108 Å². The van der Waals surface area contributed by atoms with Gasteiger partial charge in [0.1, 0.15) is 6.61 Å². The van der Waals surface area contributed by atoms with Crippen molar-refractivity contribution in [2.24, 2.45) is 0 Å². The molecular formula is C18H28N2O5. The Labute approximate surface area is 148 Å². The summed E-state index contributed by atoms with van der Waals surface area (Å²) in [4.78, 5) is 22.5. The molecule has 0 aliphatic heterocycles. The first-order valence-corrected chi connectivity index (χ1v) is 8.41. The van der Waals surface area contributed by atoms with Crippen LogP contribution in [-0.4, -0.2) is 40.6 Å². The minimum atomic E-state index is -1.04. The molecule has 7 nitrogen and oxygen atoms in total. The highest BCUT2D eigenvalue weighted by Gasteiger charge is 2.20. The van der Waals surface area contributed by atoms with Crippen LogP contribution >= 0.6 is 0 Å². The van der Waals surface area contributed by atoms with Crippen molar-refractivity contribution in [1.29, 1.82) is 0 Å². The molecule has 2 amide bonds. The second-order valence-corrected chi connectivity index (χ2v) is 6.65. The van der Waals surface area contributed by atoms with E-state index in [0.717, 1.165) is 18.4 Å². The molecule has 0 aliphatic carbocycles. The zero-order valence-electron chi connectivity index (χ0n) is 14.8. The van der Waals surface area contributed by atoms with E-state index in [1.165, 1.54) is 0 Å². The number of alkyl carbamates (subject to hydrolysis) is 1. The molecule has 1 atom stereocenters. The standard InChI is InChI=1S/C18H28N2O5/c1-18(2,20-16(22)23)11-7-6-10-15(12-21)19-17(24)25-13-14-8-4-3-5-9-14/h3-5,8-9,15,20-21H,6-7,10-13H2,1-2H3,(H,19,24)(H,22,23)/t15-/m0/s1. The van der Waals surface area contributed by atoms with Crippen molar-refractivity contribution >= 4 is 12.2 Å². The van der Waals surface area contributed by atoms with Gasteiger partial charge in [-0.3, -0.25) is 0 Å². The average molecular weight is 352 g/mol. The van der Waals surface area contributed by atoms with Crippen molar-refractivity contribution in [3.05, 3.63) is 35.9 Å². The number of nitrogens with one attached hydrogen (secondary N) is 2. The monoisotopic (exact) mass is 352 g/mol. The SMILES string of the molecule is CC(C)(CCCC[C@@H](CO)NC(=O)OCc1ccccc1)NC(=O)O. The van der Waals surface area contributed by atoms with Crippen LogP contribution in [0.15, 0.2) is 30.3 Å². The van der Waals surface area contributed by atoms with E-state index in [1.807, 2.05) is 44.2 Å². The Bertz CT molecular complexity index is 534. The van der Waals surface area contributed by atoms with Crippen molar-refractivity contribution in [3.8, 4) is 0 Å². The number of hydrogen-bond acceptors (Lipinski definition) is 4. The van der Waals surface area contributed by atoms with Gasteiger partial charge in [0.15, 0.2) is 0 Å². The van der Waals surface area contributed by atoms with Crippen LogP contribution in [-0.2, 0) is 11.3 Å². The first-order chi connectivity index (χ1) is 11.8. The highest BCUT2D eigenvalue weighted by atomic mass is 16.5. The molecule has 0 unspecified atom stereocenters. The summed E-state index contributed by atoms with van der Waals surface area (Å²) in [5.41, 5.74) is 0.397. The third-order valence-corrected chi connectivity index (χ3v) is 3.80. The van der Waals surface area contributed by atoms with Crippen LogP contribution < -0.4 is 10.6 Å². The normalized spacial score (nSPS) is 12.3. The van der Waals surface area contributed by atoms with Crippen LogP contribution in [0.2, 0.25) is 0 Å². The molecule has 0 bridgehead atoms. The third-order valence-electron chi connectivity index (χ3n) is 3.80. The number of ether oxygens (including phenoxy) is 1. The average Bonchev–Trinajstić information content (AvgIpc) is 2.55. The lowest BCUT2D eigenvalue weighted by Gasteiger charge is -2.24. The second-order valence-electron chi connectivity index (χ2n) is 6.65. The van der Waals surface area contributed by atoms with E-state index >= 15 is 0 Å². The molecule has 0 saturated heterocycles. The molecule has 4 N–H and O–H groups in total. The van der Waals surface area contributed by atoms with E-state index in [4.69, 9.17) is 9.84 Å². The van der Waals surface area contributed by atoms with E-state index in [1.54, 1.807) is 0 Å². The summed E-state index contributed by atoms with van der Waals surface area (Å²) in [7, 11) is 0. The lowest BCUT2D eigenvalue weighted by molar-refractivity contribution is 0.127. The van der Waals surface area contributed by atoms with Gasteiger partial charge in [0, 0.05) is 5.54 Å². The molecule has 7 heteroatoms. The van der Waals surface area contributed by atoms with E-state index in [9.17, 15) is 14.7 Å². The maximum absolute atomic E-state index is 11.8. The lowest BCUT2D eigenvalue weighted by Crippen LogP contribution is -2.42. The smallest absolute Gasteiger partial charge is 0.407 e. The van der Waals surface area contributed by atoms with Gasteiger partial charge in [-0.15, -0.1) is 0 Å². The predicted octanol–water partition coefficient (Wildman–Crippen LogP) is 2.88. The zero-order valence-corrected chi connectivity index (χ0v) is 14.8. The van der Waals surface area contributed by atoms with Crippen molar-refractivity contribution < 1.29 is 24.5 Å². The molecule has 1 rings (SSSR count). The molecule has 25 heavy (non-hydrogen) atoms. The summed E-state index contributed by atoms with van der Waals surface area (Å²) in [5, 5.41) is 23.2. The Balaban J connectivity index is 2.24. The van der Waals surface area contributed by atoms with E-state index in [-0.39, 0.29) is 19.3 Å². The van der Waals surface area contributed by atoms with Crippen LogP contribution in [0.1, 0.15) is 45.1 Å². The molecule has 0 aliphatic rings. The molecular weight excluding hydrogens is 324 g/mol. The molecule has 140 valence electrons. The minimum absolute atomic E-state index is 0.169. The number of aliphatic hydroxyl groups is 1. The Morgan fingerprint density at radius 2 is 1.88 bits per heavy atom. The van der Waals surface area contributed by atoms with Gasteiger partial charge in [-0.1, -0.05) is 43.2 Å². The van der Waals surface area contributed by atoms with Gasteiger partial charge < -0.3 is 25.6 Å². The molecule has 1 aromatic carbocycles. The van der Waals surface area contributed by atoms with Gasteiger partial charge in [-0.05, 0) is 32.3 Å². The lowest BCUT2D eigenvalue weighted by atomic mass is 9.96. The number of hydrogen-bond donors (Lipinski definition) is 4. The summed E-state index contributed by atoms with van der Waals surface area (Å²) in [6.07, 6.45) is 1.21. The maximum atomic E-state index is 11.8. The number of carbonyl (C=O) groups is 2. The van der Waals surface area contributed by atoms with Gasteiger partial charge in [0.2, 0.25) is 0 Å². The second kappa shape index (κ2) is 10.6. The van der Waals surface area contributed by atoms with Crippen LogP contribution in [0.4, 0.5) is 9.59 Å². The summed E-state index contributed by atoms with van der Waals surface area (Å²) in [5.74, 6) is 0. The largest absolute Gasteiger partial charge is 0.465 e. The minimum Gasteiger partial charge on any atom is -0.465 e.